The molecule has 0 aliphatic carbocycles. The van der Waals surface area contributed by atoms with E-state index in [9.17, 15) is 4.79 Å². The summed E-state index contributed by atoms with van der Waals surface area (Å²) >= 11 is 0. The van der Waals surface area contributed by atoms with E-state index in [1.807, 2.05) is 67.7 Å². The first-order valence-corrected chi connectivity index (χ1v) is 14.1. The third-order valence-electron chi connectivity index (χ3n) is 6.96. The number of anilines is 1. The first kappa shape index (κ1) is 27.6. The number of carbonyl (C=O) groups excluding carboxylic acids is 1. The average Bonchev–Trinajstić information content (AvgIpc) is 3.47. The first-order chi connectivity index (χ1) is 21.1. The van der Waals surface area contributed by atoms with Gasteiger partial charge in [0.25, 0.3) is 0 Å². The molecule has 1 amide bonds. The number of carbonyl (C=O) groups is 1. The number of benzene rings is 1. The molecule has 0 aliphatic heterocycles. The molecule has 0 unspecified atom stereocenters. The van der Waals surface area contributed by atoms with Crippen LogP contribution in [0.1, 0.15) is 36.0 Å². The quantitative estimate of drug-likeness (QED) is 0.201. The molecule has 0 saturated heterocycles. The van der Waals surface area contributed by atoms with Crippen molar-refractivity contribution in [2.45, 2.75) is 26.7 Å². The minimum Gasteiger partial charge on any atom is -0.335 e. The Morgan fingerprint density at radius 1 is 0.907 bits per heavy atom. The molecule has 212 valence electrons. The molecule has 43 heavy (non-hydrogen) atoms. The molecular weight excluding hydrogens is 536 g/mol. The molecule has 6 aromatic rings. The summed E-state index contributed by atoms with van der Waals surface area (Å²) in [7, 11) is 0. The highest BCUT2D eigenvalue weighted by molar-refractivity contribution is 6.13. The monoisotopic (exact) mass is 566 g/mol. The van der Waals surface area contributed by atoms with Crippen molar-refractivity contribution in [3.8, 4) is 22.4 Å². The summed E-state index contributed by atoms with van der Waals surface area (Å²) in [4.78, 5) is 44.1. The maximum absolute atomic E-state index is 12.7. The maximum atomic E-state index is 12.7. The Hall–Kier alpha value is -5.57. The number of fused-ring (bicyclic) bond motifs is 1. The predicted octanol–water partition coefficient (Wildman–Crippen LogP) is 6.21. The lowest BCUT2D eigenvalue weighted by Gasteiger charge is -2.11. The van der Waals surface area contributed by atoms with Crippen LogP contribution in [0, 0.1) is 6.92 Å². The van der Waals surface area contributed by atoms with Gasteiger partial charge in [0.15, 0.2) is 5.82 Å². The summed E-state index contributed by atoms with van der Waals surface area (Å²) < 4.78 is 0. The number of aromatic nitrogens is 6. The van der Waals surface area contributed by atoms with Crippen LogP contribution in [0.2, 0.25) is 0 Å². The number of hydrogen-bond donors (Lipinski definition) is 2. The summed E-state index contributed by atoms with van der Waals surface area (Å²) in [5.41, 5.74) is 8.86. The van der Waals surface area contributed by atoms with E-state index in [0.717, 1.165) is 62.4 Å². The van der Waals surface area contributed by atoms with Crippen LogP contribution in [0.5, 0.6) is 0 Å². The molecule has 0 bridgehead atoms. The number of aromatic amines is 1. The highest BCUT2D eigenvalue weighted by Crippen LogP contribution is 2.28. The predicted molar refractivity (Wildman–Crippen MR) is 169 cm³/mol. The third-order valence-corrected chi connectivity index (χ3v) is 6.96. The van der Waals surface area contributed by atoms with Gasteiger partial charge in [-0.2, -0.15) is 0 Å². The largest absolute Gasteiger partial charge is 0.335 e. The Morgan fingerprint density at radius 3 is 2.53 bits per heavy atom. The third kappa shape index (κ3) is 6.20. The van der Waals surface area contributed by atoms with E-state index in [1.54, 1.807) is 31.0 Å². The Morgan fingerprint density at radius 2 is 1.72 bits per heavy atom. The Kier molecular flexibility index (Phi) is 8.04. The highest BCUT2D eigenvalue weighted by Gasteiger charge is 2.19. The van der Waals surface area contributed by atoms with Crippen molar-refractivity contribution < 1.29 is 4.79 Å². The minimum atomic E-state index is -0.105. The Labute approximate surface area is 249 Å². The molecule has 9 heteroatoms. The van der Waals surface area contributed by atoms with Gasteiger partial charge < -0.3 is 10.3 Å². The number of nitrogens with zero attached hydrogens (tertiary/aromatic N) is 6. The summed E-state index contributed by atoms with van der Waals surface area (Å²) in [6, 6.07) is 19.4. The van der Waals surface area contributed by atoms with Gasteiger partial charge in [-0.05, 0) is 43.2 Å². The van der Waals surface area contributed by atoms with Gasteiger partial charge in [0.2, 0.25) is 5.91 Å². The molecule has 0 atom stereocenters. The summed E-state index contributed by atoms with van der Waals surface area (Å²) in [6.07, 6.45) is 11.7. The van der Waals surface area contributed by atoms with Crippen molar-refractivity contribution in [3.05, 3.63) is 120 Å². The number of pyridine rings is 4. The van der Waals surface area contributed by atoms with Gasteiger partial charge in [-0.3, -0.25) is 29.7 Å². The maximum Gasteiger partial charge on any atom is 0.228 e. The lowest BCUT2D eigenvalue weighted by atomic mass is 10.0. The number of aryl methyl sites for hydroxylation is 1. The van der Waals surface area contributed by atoms with Gasteiger partial charge in [0.05, 0.1) is 35.7 Å². The highest BCUT2D eigenvalue weighted by atomic mass is 16.1. The molecule has 9 nitrogen and oxygen atoms in total. The SMILES string of the molecule is CCCN=C(c1nc2c(-c3ccccn3)cncc2[nH]1)c1cc(-c2cncc(NC(=O)Cc3ccccc3)c2)cnc1C. The second kappa shape index (κ2) is 12.5. The Bertz CT molecular complexity index is 1920. The van der Waals surface area contributed by atoms with Crippen molar-refractivity contribution in [1.29, 1.82) is 0 Å². The minimum absolute atomic E-state index is 0.105. The lowest BCUT2D eigenvalue weighted by Crippen LogP contribution is -2.14. The summed E-state index contributed by atoms with van der Waals surface area (Å²) in [5.74, 6) is 0.530. The normalized spacial score (nSPS) is 11.5. The zero-order valence-corrected chi connectivity index (χ0v) is 24.0. The second-order valence-electron chi connectivity index (χ2n) is 10.1. The van der Waals surface area contributed by atoms with E-state index < -0.39 is 0 Å². The molecule has 5 heterocycles. The van der Waals surface area contributed by atoms with Crippen LogP contribution in [-0.2, 0) is 11.2 Å². The molecular formula is C34H30N8O. The van der Waals surface area contributed by atoms with Crippen molar-refractivity contribution in [1.82, 2.24) is 29.9 Å². The number of aliphatic imine (C=N–C) groups is 1. The number of imidazole rings is 1. The Balaban J connectivity index is 1.34. The van der Waals surface area contributed by atoms with E-state index in [2.05, 4.69) is 38.2 Å². The molecule has 1 aromatic carbocycles. The molecule has 0 aliphatic rings. The van der Waals surface area contributed by atoms with Crippen molar-refractivity contribution in [2.75, 3.05) is 11.9 Å². The number of amides is 1. The van der Waals surface area contributed by atoms with Crippen LogP contribution >= 0.6 is 0 Å². The fraction of sp³-hybridized carbons (Fsp3) is 0.147. The fourth-order valence-corrected chi connectivity index (χ4v) is 4.85. The topological polar surface area (TPSA) is 122 Å². The van der Waals surface area contributed by atoms with E-state index in [-0.39, 0.29) is 12.3 Å². The average molecular weight is 567 g/mol. The number of nitrogens with one attached hydrogen (secondary N) is 2. The molecule has 0 saturated carbocycles. The molecule has 0 radical (unpaired) electrons. The van der Waals surface area contributed by atoms with Crippen LogP contribution in [0.15, 0.2) is 103 Å². The lowest BCUT2D eigenvalue weighted by molar-refractivity contribution is -0.115. The number of rotatable bonds is 9. The summed E-state index contributed by atoms with van der Waals surface area (Å²) in [5, 5.41) is 2.97. The van der Waals surface area contributed by atoms with Gasteiger partial charge in [-0.15, -0.1) is 0 Å². The van der Waals surface area contributed by atoms with E-state index in [4.69, 9.17) is 15.0 Å². The number of H-pyrrole nitrogens is 1. The molecule has 0 fully saturated rings. The van der Waals surface area contributed by atoms with Gasteiger partial charge in [-0.25, -0.2) is 4.98 Å². The van der Waals surface area contributed by atoms with Crippen molar-refractivity contribution in [3.63, 3.8) is 0 Å². The van der Waals surface area contributed by atoms with Gasteiger partial charge in [0, 0.05) is 59.3 Å². The molecule has 2 N–H and O–H groups in total. The van der Waals surface area contributed by atoms with Crippen LogP contribution in [0.4, 0.5) is 5.69 Å². The van der Waals surface area contributed by atoms with Crippen molar-refractivity contribution >= 4 is 28.3 Å². The fourth-order valence-electron chi connectivity index (χ4n) is 4.85. The standard InChI is InChI=1S/C34H30N8O/c1-3-12-38-33(34-41-30-21-36-20-28(32(30)42-34)29-11-7-8-13-37-29)27-16-25(18-39-22(27)2)24-15-26(19-35-17-24)40-31(43)14-23-9-5-4-6-10-23/h4-11,13,15-21H,3,12,14H2,1-2H3,(H,40,43)(H,41,42). The van der Waals surface area contributed by atoms with Gasteiger partial charge in [-0.1, -0.05) is 43.3 Å². The second-order valence-corrected chi connectivity index (χ2v) is 10.1. The van der Waals surface area contributed by atoms with E-state index in [0.29, 0.717) is 18.1 Å². The zero-order valence-electron chi connectivity index (χ0n) is 24.0. The number of hydrogen-bond acceptors (Lipinski definition) is 7. The van der Waals surface area contributed by atoms with Crippen LogP contribution in [0.3, 0.4) is 0 Å². The van der Waals surface area contributed by atoms with Gasteiger partial charge in [0.1, 0.15) is 11.2 Å². The molecule has 6 rings (SSSR count). The van der Waals surface area contributed by atoms with Crippen LogP contribution in [-0.4, -0.2) is 48.1 Å². The van der Waals surface area contributed by atoms with E-state index in [1.165, 1.54) is 0 Å². The van der Waals surface area contributed by atoms with Gasteiger partial charge >= 0.3 is 0 Å². The zero-order chi connectivity index (χ0) is 29.6. The smallest absolute Gasteiger partial charge is 0.228 e. The first-order valence-electron chi connectivity index (χ1n) is 14.1. The summed E-state index contributed by atoms with van der Waals surface area (Å²) in [6.45, 7) is 4.68. The molecule has 5 aromatic heterocycles. The van der Waals surface area contributed by atoms with Crippen LogP contribution in [0.25, 0.3) is 33.4 Å². The van der Waals surface area contributed by atoms with Crippen LogP contribution < -0.4 is 5.32 Å². The van der Waals surface area contributed by atoms with Crippen molar-refractivity contribution in [2.24, 2.45) is 4.99 Å². The van der Waals surface area contributed by atoms with E-state index >= 15 is 0 Å². The molecule has 0 spiro atoms.